The van der Waals surface area contributed by atoms with Gasteiger partial charge in [0.15, 0.2) is 9.84 Å². The second kappa shape index (κ2) is 10.7. The third-order valence-corrected chi connectivity index (χ3v) is 9.21. The molecule has 9 nitrogen and oxygen atoms in total. The molecule has 0 aliphatic heterocycles. The van der Waals surface area contributed by atoms with Crippen molar-refractivity contribution >= 4 is 42.5 Å². The maximum absolute atomic E-state index is 12.6. The Hall–Kier alpha value is -2.76. The molecule has 36 heavy (non-hydrogen) atoms. The van der Waals surface area contributed by atoms with Gasteiger partial charge in [0.1, 0.15) is 5.82 Å². The highest BCUT2D eigenvalue weighted by molar-refractivity contribution is 7.90. The van der Waals surface area contributed by atoms with Gasteiger partial charge in [-0.2, -0.15) is 4.98 Å². The van der Waals surface area contributed by atoms with Gasteiger partial charge in [0, 0.05) is 38.8 Å². The molecule has 2 N–H and O–H groups in total. The van der Waals surface area contributed by atoms with Crippen molar-refractivity contribution in [1.29, 1.82) is 0 Å². The van der Waals surface area contributed by atoms with Crippen molar-refractivity contribution in [3.63, 3.8) is 0 Å². The zero-order valence-electron chi connectivity index (χ0n) is 20.8. The molecular weight excluding hydrogens is 498 g/mol. The van der Waals surface area contributed by atoms with Crippen LogP contribution in [-0.2, 0) is 19.9 Å². The van der Waals surface area contributed by atoms with Crippen LogP contribution in [-0.4, -0.2) is 60.2 Å². The summed E-state index contributed by atoms with van der Waals surface area (Å²) >= 11 is 0. The first kappa shape index (κ1) is 26.3. The number of nitrogens with zero attached hydrogens (tertiary/aromatic N) is 3. The van der Waals surface area contributed by atoms with Crippen LogP contribution in [0.4, 0.5) is 11.8 Å². The third kappa shape index (κ3) is 6.32. The van der Waals surface area contributed by atoms with Crippen molar-refractivity contribution in [3.05, 3.63) is 48.5 Å². The zero-order chi connectivity index (χ0) is 25.9. The van der Waals surface area contributed by atoms with E-state index < -0.39 is 19.9 Å². The SMILES string of the molecule is CN(C)c1nc(NC[C@H]2CC[C@H](CNS(=O)(=O)c3ccc(S(C)(=O)=O)cc3)CC2)nc2ccccc12. The van der Waals surface area contributed by atoms with Crippen molar-refractivity contribution in [2.24, 2.45) is 11.8 Å². The normalized spacial score (nSPS) is 18.8. The van der Waals surface area contributed by atoms with Crippen LogP contribution in [0.5, 0.6) is 0 Å². The zero-order valence-corrected chi connectivity index (χ0v) is 22.4. The topological polar surface area (TPSA) is 121 Å². The molecule has 0 unspecified atom stereocenters. The van der Waals surface area contributed by atoms with Crippen molar-refractivity contribution < 1.29 is 16.8 Å². The summed E-state index contributed by atoms with van der Waals surface area (Å²) in [6.07, 6.45) is 4.95. The van der Waals surface area contributed by atoms with Gasteiger partial charge < -0.3 is 10.2 Å². The smallest absolute Gasteiger partial charge is 0.240 e. The summed E-state index contributed by atoms with van der Waals surface area (Å²) in [4.78, 5) is 11.5. The van der Waals surface area contributed by atoms with E-state index in [4.69, 9.17) is 4.98 Å². The molecule has 2 aromatic carbocycles. The molecule has 3 aromatic rings. The Morgan fingerprint density at radius 3 is 2.03 bits per heavy atom. The largest absolute Gasteiger partial charge is 0.362 e. The number of sulfone groups is 1. The number of fused-ring (bicyclic) bond motifs is 1. The van der Waals surface area contributed by atoms with Crippen LogP contribution in [0.25, 0.3) is 10.9 Å². The maximum Gasteiger partial charge on any atom is 0.240 e. The molecule has 1 aliphatic rings. The lowest BCUT2D eigenvalue weighted by Gasteiger charge is -2.28. The van der Waals surface area contributed by atoms with E-state index in [0.29, 0.717) is 18.4 Å². The lowest BCUT2D eigenvalue weighted by Crippen LogP contribution is -2.32. The summed E-state index contributed by atoms with van der Waals surface area (Å²) in [7, 11) is -3.12. The number of anilines is 2. The lowest BCUT2D eigenvalue weighted by molar-refractivity contribution is 0.284. The van der Waals surface area contributed by atoms with Crippen LogP contribution < -0.4 is 14.9 Å². The Balaban J connectivity index is 1.28. The highest BCUT2D eigenvalue weighted by Gasteiger charge is 2.24. The van der Waals surface area contributed by atoms with Gasteiger partial charge in [-0.05, 0) is 73.9 Å². The summed E-state index contributed by atoms with van der Waals surface area (Å²) in [6, 6.07) is 13.3. The first-order chi connectivity index (χ1) is 17.0. The molecule has 0 bridgehead atoms. The molecule has 11 heteroatoms. The van der Waals surface area contributed by atoms with Crippen LogP contribution >= 0.6 is 0 Å². The monoisotopic (exact) mass is 531 g/mol. The van der Waals surface area contributed by atoms with Gasteiger partial charge in [-0.15, -0.1) is 0 Å². The van der Waals surface area contributed by atoms with Crippen molar-refractivity contribution in [1.82, 2.24) is 14.7 Å². The fourth-order valence-corrected chi connectivity index (χ4v) is 6.28. The van der Waals surface area contributed by atoms with E-state index in [-0.39, 0.29) is 15.7 Å². The summed E-state index contributed by atoms with van der Waals surface area (Å²) in [5.74, 6) is 2.24. The summed E-state index contributed by atoms with van der Waals surface area (Å²) in [6.45, 7) is 1.15. The molecule has 194 valence electrons. The Bertz CT molecular complexity index is 1420. The molecule has 4 rings (SSSR count). The second-order valence-electron chi connectivity index (χ2n) is 9.65. The van der Waals surface area contributed by atoms with Gasteiger partial charge in [-0.25, -0.2) is 26.5 Å². The Morgan fingerprint density at radius 1 is 0.833 bits per heavy atom. The summed E-state index contributed by atoms with van der Waals surface area (Å²) in [5, 5.41) is 4.42. The Labute approximate surface area is 213 Å². The Morgan fingerprint density at radius 2 is 1.42 bits per heavy atom. The molecular formula is C25H33N5O4S2. The average molecular weight is 532 g/mol. The van der Waals surface area contributed by atoms with Gasteiger partial charge >= 0.3 is 0 Å². The van der Waals surface area contributed by atoms with Gasteiger partial charge in [-0.1, -0.05) is 12.1 Å². The molecule has 0 radical (unpaired) electrons. The van der Waals surface area contributed by atoms with Crippen molar-refractivity contribution in [2.75, 3.05) is 43.7 Å². The molecule has 1 saturated carbocycles. The van der Waals surface area contributed by atoms with E-state index in [1.54, 1.807) is 0 Å². The van der Waals surface area contributed by atoms with Crippen LogP contribution in [0.2, 0.25) is 0 Å². The van der Waals surface area contributed by atoms with E-state index in [1.165, 1.54) is 24.3 Å². The molecule has 0 amide bonds. The standard InChI is InChI=1S/C25H33N5O4S2/c1-30(2)24-22-6-4-5-7-23(22)28-25(29-24)26-16-18-8-10-19(11-9-18)17-27-36(33,34)21-14-12-20(13-15-21)35(3,31)32/h4-7,12-15,18-19,27H,8-11,16-17H2,1-3H3,(H,26,28,29)/t18-,19-. The highest BCUT2D eigenvalue weighted by atomic mass is 32.2. The van der Waals surface area contributed by atoms with E-state index in [1.807, 2.05) is 43.3 Å². The molecule has 1 fully saturated rings. The number of hydrogen-bond donors (Lipinski definition) is 2. The number of aromatic nitrogens is 2. The minimum atomic E-state index is -3.69. The molecule has 1 aromatic heterocycles. The molecule has 1 aliphatic carbocycles. The average Bonchev–Trinajstić information content (AvgIpc) is 2.86. The van der Waals surface area contributed by atoms with Crippen LogP contribution in [0.3, 0.4) is 0 Å². The summed E-state index contributed by atoms with van der Waals surface area (Å²) < 4.78 is 51.2. The quantitative estimate of drug-likeness (QED) is 0.431. The fraction of sp³-hybridized carbons (Fsp3) is 0.440. The van der Waals surface area contributed by atoms with E-state index in [9.17, 15) is 16.8 Å². The van der Waals surface area contributed by atoms with Crippen LogP contribution in [0.1, 0.15) is 25.7 Å². The first-order valence-electron chi connectivity index (χ1n) is 12.0. The van der Waals surface area contributed by atoms with E-state index in [0.717, 1.165) is 55.2 Å². The highest BCUT2D eigenvalue weighted by Crippen LogP contribution is 2.29. The third-order valence-electron chi connectivity index (χ3n) is 6.65. The minimum absolute atomic E-state index is 0.0697. The number of para-hydroxylation sites is 1. The van der Waals surface area contributed by atoms with Crippen molar-refractivity contribution in [2.45, 2.75) is 35.5 Å². The lowest BCUT2D eigenvalue weighted by atomic mass is 9.82. The number of benzene rings is 2. The predicted octanol–water partition coefficient (Wildman–Crippen LogP) is 3.30. The van der Waals surface area contributed by atoms with E-state index in [2.05, 4.69) is 15.0 Å². The number of sulfonamides is 1. The second-order valence-corrected chi connectivity index (χ2v) is 13.4. The van der Waals surface area contributed by atoms with E-state index >= 15 is 0 Å². The fourth-order valence-electron chi connectivity index (χ4n) is 4.53. The first-order valence-corrected chi connectivity index (χ1v) is 15.4. The number of nitrogens with one attached hydrogen (secondary N) is 2. The van der Waals surface area contributed by atoms with Crippen LogP contribution in [0.15, 0.2) is 58.3 Å². The predicted molar refractivity (Wildman–Crippen MR) is 143 cm³/mol. The number of rotatable bonds is 9. The van der Waals surface area contributed by atoms with Gasteiger partial charge in [0.05, 0.1) is 15.3 Å². The molecule has 0 spiro atoms. The van der Waals surface area contributed by atoms with Crippen LogP contribution in [0, 0.1) is 11.8 Å². The molecule has 0 atom stereocenters. The summed E-state index contributed by atoms with van der Waals surface area (Å²) in [5.41, 5.74) is 0.903. The van der Waals surface area contributed by atoms with Crippen molar-refractivity contribution in [3.8, 4) is 0 Å². The van der Waals surface area contributed by atoms with Gasteiger partial charge in [-0.3, -0.25) is 0 Å². The number of hydrogen-bond acceptors (Lipinski definition) is 8. The molecule has 1 heterocycles. The van der Waals surface area contributed by atoms with Gasteiger partial charge in [0.25, 0.3) is 0 Å². The maximum atomic E-state index is 12.6. The minimum Gasteiger partial charge on any atom is -0.362 e. The Kier molecular flexibility index (Phi) is 7.82. The molecule has 0 saturated heterocycles. The van der Waals surface area contributed by atoms with Gasteiger partial charge in [0.2, 0.25) is 16.0 Å².